The summed E-state index contributed by atoms with van der Waals surface area (Å²) in [7, 11) is 0. The molecule has 2 rings (SSSR count). The van der Waals surface area contributed by atoms with Crippen LogP contribution in [0.5, 0.6) is 5.75 Å². The molecular formula is C9H7F3INO. The molecule has 0 saturated heterocycles. The van der Waals surface area contributed by atoms with Crippen molar-refractivity contribution < 1.29 is 17.9 Å². The number of benzene rings is 1. The summed E-state index contributed by atoms with van der Waals surface area (Å²) in [6.07, 6.45) is -4.32. The second-order valence-electron chi connectivity index (χ2n) is 3.10. The van der Waals surface area contributed by atoms with Gasteiger partial charge < -0.3 is 10.1 Å². The van der Waals surface area contributed by atoms with Gasteiger partial charge in [-0.3, -0.25) is 0 Å². The van der Waals surface area contributed by atoms with E-state index < -0.39 is 11.7 Å². The van der Waals surface area contributed by atoms with Gasteiger partial charge in [-0.05, 0) is 34.7 Å². The van der Waals surface area contributed by atoms with E-state index in [1.54, 1.807) is 0 Å². The average molecular weight is 329 g/mol. The molecule has 0 unspecified atom stereocenters. The summed E-state index contributed by atoms with van der Waals surface area (Å²) in [6, 6.07) is 2.14. The Labute approximate surface area is 97.9 Å². The fourth-order valence-corrected chi connectivity index (χ4v) is 2.16. The van der Waals surface area contributed by atoms with Crippen LogP contribution in [0, 0.1) is 3.57 Å². The second kappa shape index (κ2) is 3.73. The Morgan fingerprint density at radius 2 is 2.07 bits per heavy atom. The Bertz CT molecular complexity index is 392. The molecule has 0 spiro atoms. The van der Waals surface area contributed by atoms with E-state index in [0.29, 0.717) is 22.4 Å². The van der Waals surface area contributed by atoms with Gasteiger partial charge >= 0.3 is 6.18 Å². The van der Waals surface area contributed by atoms with Gasteiger partial charge in [0.15, 0.2) is 0 Å². The number of halogens is 4. The number of fused-ring (bicyclic) bond motifs is 1. The Hall–Kier alpha value is -0.660. The van der Waals surface area contributed by atoms with Gasteiger partial charge in [-0.2, -0.15) is 13.2 Å². The molecule has 0 saturated carbocycles. The van der Waals surface area contributed by atoms with E-state index in [-0.39, 0.29) is 5.75 Å². The van der Waals surface area contributed by atoms with Gasteiger partial charge in [0, 0.05) is 10.1 Å². The summed E-state index contributed by atoms with van der Waals surface area (Å²) in [5.74, 6) is 0.278. The first-order valence-electron chi connectivity index (χ1n) is 4.26. The summed E-state index contributed by atoms with van der Waals surface area (Å²) >= 11 is 1.87. The van der Waals surface area contributed by atoms with Crippen LogP contribution in [0.15, 0.2) is 12.1 Å². The van der Waals surface area contributed by atoms with Crippen molar-refractivity contribution >= 4 is 28.3 Å². The lowest BCUT2D eigenvalue weighted by atomic mass is 10.1. The number of anilines is 1. The number of rotatable bonds is 0. The third kappa shape index (κ3) is 2.14. The van der Waals surface area contributed by atoms with Crippen LogP contribution in [0.3, 0.4) is 0 Å². The molecule has 0 radical (unpaired) electrons. The van der Waals surface area contributed by atoms with Crippen molar-refractivity contribution in [3.8, 4) is 5.75 Å². The zero-order chi connectivity index (χ0) is 11.1. The Morgan fingerprint density at radius 1 is 1.33 bits per heavy atom. The van der Waals surface area contributed by atoms with E-state index >= 15 is 0 Å². The molecule has 1 aliphatic heterocycles. The van der Waals surface area contributed by atoms with Crippen LogP contribution in [-0.2, 0) is 6.18 Å². The SMILES string of the molecule is FC(F)(F)c1cc(I)c2c(c1)OCCN2. The number of ether oxygens (including phenoxy) is 1. The molecule has 0 fully saturated rings. The van der Waals surface area contributed by atoms with Crippen molar-refractivity contribution in [2.24, 2.45) is 0 Å². The van der Waals surface area contributed by atoms with Crippen molar-refractivity contribution in [1.82, 2.24) is 0 Å². The number of alkyl halides is 3. The zero-order valence-electron chi connectivity index (χ0n) is 7.49. The average Bonchev–Trinajstić information content (AvgIpc) is 2.16. The highest BCUT2D eigenvalue weighted by Crippen LogP contribution is 2.39. The zero-order valence-corrected chi connectivity index (χ0v) is 9.65. The molecule has 1 aromatic rings. The van der Waals surface area contributed by atoms with Crippen LogP contribution >= 0.6 is 22.6 Å². The molecule has 15 heavy (non-hydrogen) atoms. The van der Waals surface area contributed by atoms with Crippen LogP contribution in [0.4, 0.5) is 18.9 Å². The Balaban J connectivity index is 2.50. The van der Waals surface area contributed by atoms with Crippen LogP contribution in [0.1, 0.15) is 5.56 Å². The van der Waals surface area contributed by atoms with E-state index in [9.17, 15) is 13.2 Å². The highest BCUT2D eigenvalue weighted by atomic mass is 127. The summed E-state index contributed by atoms with van der Waals surface area (Å²) < 4.78 is 43.1. The van der Waals surface area contributed by atoms with Crippen LogP contribution in [0.2, 0.25) is 0 Å². The molecule has 1 heterocycles. The molecule has 0 amide bonds. The van der Waals surface area contributed by atoms with Gasteiger partial charge in [-0.15, -0.1) is 0 Å². The standard InChI is InChI=1S/C9H7F3INO/c10-9(11,12)5-3-6(13)8-7(4-5)15-2-1-14-8/h3-4,14H,1-2H2. The van der Waals surface area contributed by atoms with Gasteiger partial charge in [-0.25, -0.2) is 0 Å². The summed E-state index contributed by atoms with van der Waals surface area (Å²) in [5.41, 5.74) is -0.0239. The van der Waals surface area contributed by atoms with E-state index in [1.165, 1.54) is 0 Å². The predicted molar refractivity (Wildman–Crippen MR) is 58.1 cm³/mol. The lowest BCUT2D eigenvalue weighted by Gasteiger charge is -2.21. The van der Waals surface area contributed by atoms with Gasteiger partial charge in [0.2, 0.25) is 0 Å². The van der Waals surface area contributed by atoms with Crippen molar-refractivity contribution in [3.63, 3.8) is 0 Å². The van der Waals surface area contributed by atoms with Crippen LogP contribution in [0.25, 0.3) is 0 Å². The van der Waals surface area contributed by atoms with E-state index in [0.717, 1.165) is 12.1 Å². The van der Waals surface area contributed by atoms with Gasteiger partial charge in [0.1, 0.15) is 12.4 Å². The molecule has 6 heteroatoms. The summed E-state index contributed by atoms with van der Waals surface area (Å²) in [4.78, 5) is 0. The van der Waals surface area contributed by atoms with Crippen LogP contribution < -0.4 is 10.1 Å². The van der Waals surface area contributed by atoms with Crippen molar-refractivity contribution in [2.75, 3.05) is 18.5 Å². The Kier molecular flexibility index (Phi) is 2.70. The van der Waals surface area contributed by atoms with Crippen molar-refractivity contribution in [3.05, 3.63) is 21.3 Å². The first-order valence-corrected chi connectivity index (χ1v) is 5.34. The molecule has 1 N–H and O–H groups in total. The lowest BCUT2D eigenvalue weighted by molar-refractivity contribution is -0.137. The smallest absolute Gasteiger partial charge is 0.416 e. The quantitative estimate of drug-likeness (QED) is 0.739. The van der Waals surface area contributed by atoms with Gasteiger partial charge in [0.25, 0.3) is 0 Å². The Morgan fingerprint density at radius 3 is 2.73 bits per heavy atom. The fraction of sp³-hybridized carbons (Fsp3) is 0.333. The van der Waals surface area contributed by atoms with Crippen molar-refractivity contribution in [1.29, 1.82) is 0 Å². The second-order valence-corrected chi connectivity index (χ2v) is 4.27. The molecular weight excluding hydrogens is 322 g/mol. The maximum Gasteiger partial charge on any atom is 0.416 e. The predicted octanol–water partition coefficient (Wildman–Crippen LogP) is 3.11. The number of nitrogens with one attached hydrogen (secondary N) is 1. The monoisotopic (exact) mass is 329 g/mol. The molecule has 2 nitrogen and oxygen atoms in total. The molecule has 0 aromatic heterocycles. The van der Waals surface area contributed by atoms with E-state index in [2.05, 4.69) is 5.32 Å². The van der Waals surface area contributed by atoms with Gasteiger partial charge in [0.05, 0.1) is 11.3 Å². The highest BCUT2D eigenvalue weighted by molar-refractivity contribution is 14.1. The maximum atomic E-state index is 12.5. The molecule has 0 bridgehead atoms. The minimum Gasteiger partial charge on any atom is -0.490 e. The summed E-state index contributed by atoms with van der Waals surface area (Å²) in [6.45, 7) is 1.01. The normalized spacial score (nSPS) is 15.2. The minimum atomic E-state index is -4.32. The number of hydrogen-bond donors (Lipinski definition) is 1. The van der Waals surface area contributed by atoms with Crippen molar-refractivity contribution in [2.45, 2.75) is 6.18 Å². The highest BCUT2D eigenvalue weighted by Gasteiger charge is 2.32. The van der Waals surface area contributed by atoms with E-state index in [1.807, 2.05) is 22.6 Å². The lowest BCUT2D eigenvalue weighted by Crippen LogP contribution is -2.20. The topological polar surface area (TPSA) is 21.3 Å². The van der Waals surface area contributed by atoms with E-state index in [4.69, 9.17) is 4.74 Å². The van der Waals surface area contributed by atoms with Crippen LogP contribution in [-0.4, -0.2) is 13.2 Å². The van der Waals surface area contributed by atoms with Gasteiger partial charge in [-0.1, -0.05) is 0 Å². The third-order valence-electron chi connectivity index (χ3n) is 2.04. The number of hydrogen-bond acceptors (Lipinski definition) is 2. The minimum absolute atomic E-state index is 0.278. The molecule has 1 aromatic carbocycles. The molecule has 0 aliphatic carbocycles. The molecule has 82 valence electrons. The summed E-state index contributed by atoms with van der Waals surface area (Å²) in [5, 5.41) is 3.01. The largest absolute Gasteiger partial charge is 0.490 e. The third-order valence-corrected chi connectivity index (χ3v) is 2.89. The molecule has 0 atom stereocenters. The molecule has 1 aliphatic rings. The first kappa shape index (κ1) is 10.8. The fourth-order valence-electron chi connectivity index (χ4n) is 1.37. The first-order chi connectivity index (χ1) is 6.98. The maximum absolute atomic E-state index is 12.5.